The molecule has 32 heavy (non-hydrogen) atoms. The number of nitrogens with zero attached hydrogens (tertiary/aromatic N) is 5. The highest BCUT2D eigenvalue weighted by atomic mass is 16.5. The Morgan fingerprint density at radius 3 is 2.78 bits per heavy atom. The summed E-state index contributed by atoms with van der Waals surface area (Å²) in [6.07, 6.45) is 0.748. The summed E-state index contributed by atoms with van der Waals surface area (Å²) in [4.78, 5) is 14.3. The van der Waals surface area contributed by atoms with E-state index in [1.54, 1.807) is 21.3 Å². The molecule has 0 radical (unpaired) electrons. The normalized spacial score (nSPS) is 18.0. The number of methoxy groups -OCH3 is 3. The van der Waals surface area contributed by atoms with Gasteiger partial charge in [0, 0.05) is 31.9 Å². The van der Waals surface area contributed by atoms with Crippen LogP contribution < -0.4 is 19.7 Å². The first-order chi connectivity index (χ1) is 15.7. The van der Waals surface area contributed by atoms with Gasteiger partial charge in [0.05, 0.1) is 38.6 Å². The molecule has 0 bridgehead atoms. The Balaban J connectivity index is 1.59. The van der Waals surface area contributed by atoms with E-state index in [9.17, 15) is 0 Å². The lowest BCUT2D eigenvalue weighted by Crippen LogP contribution is -2.57. The highest BCUT2D eigenvalue weighted by Gasteiger charge is 2.36. The molecule has 0 aliphatic carbocycles. The van der Waals surface area contributed by atoms with Crippen molar-refractivity contribution >= 4 is 22.9 Å². The van der Waals surface area contributed by atoms with Gasteiger partial charge in [0.25, 0.3) is 0 Å². The maximum Gasteiger partial charge on any atom is 0.216 e. The number of aliphatic imine (C=N–C) groups is 1. The van der Waals surface area contributed by atoms with Crippen LogP contribution in [0.2, 0.25) is 0 Å². The molecule has 2 aliphatic heterocycles. The van der Waals surface area contributed by atoms with Gasteiger partial charge in [0.1, 0.15) is 17.7 Å². The van der Waals surface area contributed by atoms with E-state index in [1.165, 1.54) is 0 Å². The molecule has 1 aromatic heterocycles. The molecule has 3 aromatic rings. The van der Waals surface area contributed by atoms with Crippen molar-refractivity contribution in [3.05, 3.63) is 48.0 Å². The minimum Gasteiger partial charge on any atom is -0.497 e. The van der Waals surface area contributed by atoms with Crippen LogP contribution in [0.5, 0.6) is 11.5 Å². The van der Waals surface area contributed by atoms with Crippen molar-refractivity contribution in [2.45, 2.75) is 12.6 Å². The van der Waals surface area contributed by atoms with E-state index in [2.05, 4.69) is 25.8 Å². The van der Waals surface area contributed by atoms with Crippen molar-refractivity contribution in [2.24, 2.45) is 4.99 Å². The molecule has 0 unspecified atom stereocenters. The first-order valence-corrected chi connectivity index (χ1v) is 10.7. The Kier molecular flexibility index (Phi) is 5.59. The lowest BCUT2D eigenvalue weighted by atomic mass is 10.1. The summed E-state index contributed by atoms with van der Waals surface area (Å²) in [6.45, 7) is 3.00. The lowest BCUT2D eigenvalue weighted by Gasteiger charge is -2.42. The molecule has 0 saturated heterocycles. The van der Waals surface area contributed by atoms with Crippen LogP contribution in [0.4, 0.5) is 5.95 Å². The van der Waals surface area contributed by atoms with Gasteiger partial charge in [-0.05, 0) is 30.7 Å². The molecule has 0 spiro atoms. The van der Waals surface area contributed by atoms with Gasteiger partial charge >= 0.3 is 0 Å². The van der Waals surface area contributed by atoms with Gasteiger partial charge in [0.2, 0.25) is 11.9 Å². The molecule has 0 amide bonds. The van der Waals surface area contributed by atoms with E-state index in [0.717, 1.165) is 59.6 Å². The highest BCUT2D eigenvalue weighted by Crippen LogP contribution is 2.38. The Labute approximate surface area is 187 Å². The summed E-state index contributed by atoms with van der Waals surface area (Å²) in [5.74, 6) is 3.18. The quantitative estimate of drug-likeness (QED) is 0.571. The van der Waals surface area contributed by atoms with E-state index < -0.39 is 0 Å². The fourth-order valence-corrected chi connectivity index (χ4v) is 4.34. The Morgan fingerprint density at radius 2 is 1.97 bits per heavy atom. The second kappa shape index (κ2) is 8.68. The number of anilines is 1. The van der Waals surface area contributed by atoms with E-state index in [0.29, 0.717) is 13.3 Å². The molecule has 168 valence electrons. The van der Waals surface area contributed by atoms with Crippen molar-refractivity contribution in [1.82, 2.24) is 19.8 Å². The van der Waals surface area contributed by atoms with E-state index >= 15 is 0 Å². The standard InChI is InChI=1S/C23H28N6O3/c1-30-12-6-11-27-14-24-22-26-21(17-10-9-16(31-2)13-20(17)32-3)29-19-8-5-4-7-18(19)25-23(29)28(22)15-27/h4-5,7-10,13,21H,6,11-12,14-15H2,1-3H3,(H,24,26)/t21-/m1/s1. The number of hydrogen-bond acceptors (Lipinski definition) is 8. The van der Waals surface area contributed by atoms with Crippen molar-refractivity contribution in [3.63, 3.8) is 0 Å². The second-order valence-electron chi connectivity index (χ2n) is 7.86. The van der Waals surface area contributed by atoms with Gasteiger partial charge in [-0.2, -0.15) is 0 Å². The minimum atomic E-state index is -0.215. The van der Waals surface area contributed by atoms with Gasteiger partial charge in [-0.15, -0.1) is 0 Å². The third-order valence-corrected chi connectivity index (χ3v) is 5.92. The molecular weight excluding hydrogens is 408 g/mol. The molecule has 0 saturated carbocycles. The average molecular weight is 437 g/mol. The number of ether oxygens (including phenoxy) is 3. The SMILES string of the molecule is COCCCN1CN=C2N[C@@H](c3ccc(OC)cc3OC)n3c(nc4ccccc43)N2C1. The van der Waals surface area contributed by atoms with Crippen LogP contribution in [0.15, 0.2) is 47.5 Å². The van der Waals surface area contributed by atoms with Crippen molar-refractivity contribution in [2.75, 3.05) is 52.7 Å². The third kappa shape index (κ3) is 3.53. The van der Waals surface area contributed by atoms with Crippen molar-refractivity contribution in [3.8, 4) is 11.5 Å². The summed E-state index contributed by atoms with van der Waals surface area (Å²) in [5.41, 5.74) is 2.98. The van der Waals surface area contributed by atoms with Crippen LogP contribution in [0.25, 0.3) is 11.0 Å². The van der Waals surface area contributed by atoms with Gasteiger partial charge in [-0.3, -0.25) is 14.4 Å². The smallest absolute Gasteiger partial charge is 0.216 e. The topological polar surface area (TPSA) is 76.4 Å². The predicted molar refractivity (Wildman–Crippen MR) is 123 cm³/mol. The molecule has 9 nitrogen and oxygen atoms in total. The van der Waals surface area contributed by atoms with Crippen LogP contribution in [-0.2, 0) is 4.74 Å². The highest BCUT2D eigenvalue weighted by molar-refractivity contribution is 5.99. The monoisotopic (exact) mass is 436 g/mol. The van der Waals surface area contributed by atoms with Crippen LogP contribution in [0.3, 0.4) is 0 Å². The lowest BCUT2D eigenvalue weighted by molar-refractivity contribution is 0.171. The summed E-state index contributed by atoms with van der Waals surface area (Å²) in [7, 11) is 5.06. The number of nitrogens with one attached hydrogen (secondary N) is 1. The first-order valence-electron chi connectivity index (χ1n) is 10.7. The number of hydrogen-bond donors (Lipinski definition) is 1. The molecule has 2 aliphatic rings. The van der Waals surface area contributed by atoms with Gasteiger partial charge in [-0.25, -0.2) is 9.98 Å². The largest absolute Gasteiger partial charge is 0.497 e. The summed E-state index contributed by atoms with van der Waals surface area (Å²) in [6, 6.07) is 14.1. The first kappa shape index (κ1) is 20.6. The number of guanidine groups is 1. The molecule has 9 heteroatoms. The van der Waals surface area contributed by atoms with E-state index in [-0.39, 0.29) is 6.17 Å². The summed E-state index contributed by atoms with van der Waals surface area (Å²) in [5, 5.41) is 3.63. The Bertz CT molecular complexity index is 1140. The second-order valence-corrected chi connectivity index (χ2v) is 7.86. The van der Waals surface area contributed by atoms with Gasteiger partial charge in [0.15, 0.2) is 0 Å². The zero-order valence-corrected chi connectivity index (χ0v) is 18.6. The zero-order valence-electron chi connectivity index (χ0n) is 18.6. The third-order valence-electron chi connectivity index (χ3n) is 5.92. The number of benzene rings is 2. The number of imidazole rings is 1. The molecule has 2 aromatic carbocycles. The summed E-state index contributed by atoms with van der Waals surface area (Å²) < 4.78 is 18.6. The fraction of sp³-hybridized carbons (Fsp3) is 0.391. The molecule has 1 atom stereocenters. The van der Waals surface area contributed by atoms with Gasteiger partial charge in [-0.1, -0.05) is 12.1 Å². The number of para-hydroxylation sites is 2. The van der Waals surface area contributed by atoms with Crippen LogP contribution in [-0.4, -0.2) is 68.2 Å². The maximum atomic E-state index is 5.73. The van der Waals surface area contributed by atoms with E-state index in [4.69, 9.17) is 24.2 Å². The van der Waals surface area contributed by atoms with Crippen molar-refractivity contribution < 1.29 is 14.2 Å². The molecule has 3 heterocycles. The number of aromatic nitrogens is 2. The molecule has 5 rings (SSSR count). The summed E-state index contributed by atoms with van der Waals surface area (Å²) >= 11 is 0. The molecule has 1 N–H and O–H groups in total. The van der Waals surface area contributed by atoms with Crippen LogP contribution in [0.1, 0.15) is 18.2 Å². The van der Waals surface area contributed by atoms with Crippen LogP contribution >= 0.6 is 0 Å². The molecular formula is C23H28N6O3. The Morgan fingerprint density at radius 1 is 1.09 bits per heavy atom. The average Bonchev–Trinajstić information content (AvgIpc) is 3.23. The number of rotatable bonds is 7. The maximum absolute atomic E-state index is 5.73. The van der Waals surface area contributed by atoms with Crippen molar-refractivity contribution in [1.29, 1.82) is 0 Å². The number of fused-ring (bicyclic) bond motifs is 5. The van der Waals surface area contributed by atoms with E-state index in [1.807, 2.05) is 36.4 Å². The predicted octanol–water partition coefficient (Wildman–Crippen LogP) is 2.63. The zero-order chi connectivity index (χ0) is 22.1. The Hall–Kier alpha value is -3.30. The fourth-order valence-electron chi connectivity index (χ4n) is 4.34. The van der Waals surface area contributed by atoms with Crippen LogP contribution in [0, 0.1) is 0 Å². The minimum absolute atomic E-state index is 0.215. The van der Waals surface area contributed by atoms with Gasteiger partial charge < -0.3 is 19.5 Å². The molecule has 0 fully saturated rings.